The second kappa shape index (κ2) is 12.5. The maximum absolute atomic E-state index is 12.0. The van der Waals surface area contributed by atoms with Gasteiger partial charge >= 0.3 is 11.9 Å². The average molecular weight is 420 g/mol. The molecular weight excluding hydrogens is 396 g/mol. The van der Waals surface area contributed by atoms with Gasteiger partial charge in [0, 0.05) is 19.2 Å². The number of hydrogen-bond acceptors (Lipinski definition) is 8. The molecule has 2 atom stereocenters. The molecule has 8 N–H and O–H groups in total. The van der Waals surface area contributed by atoms with Crippen LogP contribution in [-0.2, 0) is 24.0 Å². The Bertz CT molecular complexity index is 629. The molecule has 0 unspecified atom stereocenters. The van der Waals surface area contributed by atoms with E-state index >= 15 is 0 Å². The first-order valence-electron chi connectivity index (χ1n) is 7.95. The van der Waals surface area contributed by atoms with Gasteiger partial charge in [-0.05, 0) is 6.42 Å². The van der Waals surface area contributed by atoms with Crippen LogP contribution in [0.15, 0.2) is 0 Å². The molecule has 0 fully saturated rings. The Kier molecular flexibility index (Phi) is 11.2. The van der Waals surface area contributed by atoms with Gasteiger partial charge in [0.05, 0.1) is 6.54 Å². The molecule has 0 aliphatic rings. The molecule has 0 aromatic heterocycles. The SMILES string of the molecule is CN(CC(=O)O)C(=N)NC(=O)CNC(=O)[C@@H](CS)NC(=O)CC[C@@H](N)C(=O)O. The third-order valence-electron chi connectivity index (χ3n) is 3.27. The zero-order valence-corrected chi connectivity index (χ0v) is 16.0. The fraction of sp³-hybridized carbons (Fsp3) is 0.571. The van der Waals surface area contributed by atoms with E-state index in [9.17, 15) is 24.0 Å². The number of nitrogens with two attached hydrogens (primary N) is 1. The van der Waals surface area contributed by atoms with E-state index in [1.54, 1.807) is 0 Å². The number of rotatable bonds is 11. The monoisotopic (exact) mass is 420 g/mol. The summed E-state index contributed by atoms with van der Waals surface area (Å²) in [6, 6.07) is -2.27. The van der Waals surface area contributed by atoms with Gasteiger partial charge in [-0.2, -0.15) is 12.6 Å². The molecule has 0 saturated carbocycles. The van der Waals surface area contributed by atoms with Crippen molar-refractivity contribution in [2.45, 2.75) is 24.9 Å². The number of amides is 3. The second-order valence-corrected chi connectivity index (χ2v) is 6.02. The van der Waals surface area contributed by atoms with E-state index in [0.29, 0.717) is 0 Å². The number of thiol groups is 1. The number of carbonyl (C=O) groups excluding carboxylic acids is 3. The number of hydrogen-bond donors (Lipinski definition) is 8. The minimum absolute atomic E-state index is 0.0820. The van der Waals surface area contributed by atoms with Gasteiger partial charge in [-0.25, -0.2) is 0 Å². The summed E-state index contributed by atoms with van der Waals surface area (Å²) in [6.07, 6.45) is -0.324. The van der Waals surface area contributed by atoms with Crippen LogP contribution in [0.25, 0.3) is 0 Å². The first-order valence-corrected chi connectivity index (χ1v) is 8.58. The number of carboxylic acid groups (broad SMARTS) is 2. The number of carboxylic acids is 2. The highest BCUT2D eigenvalue weighted by atomic mass is 32.1. The number of likely N-dealkylation sites (N-methyl/N-ethyl adjacent to an activating group) is 1. The Morgan fingerprint density at radius 3 is 2.29 bits per heavy atom. The Morgan fingerprint density at radius 2 is 1.79 bits per heavy atom. The van der Waals surface area contributed by atoms with E-state index in [4.69, 9.17) is 21.4 Å². The summed E-state index contributed by atoms with van der Waals surface area (Å²) in [6.45, 7) is -1.02. The lowest BCUT2D eigenvalue weighted by atomic mass is 10.1. The van der Waals surface area contributed by atoms with Gasteiger partial charge < -0.3 is 31.5 Å². The molecule has 0 bridgehead atoms. The van der Waals surface area contributed by atoms with Crippen molar-refractivity contribution in [2.75, 3.05) is 25.9 Å². The summed E-state index contributed by atoms with van der Waals surface area (Å²) in [7, 11) is 1.29. The van der Waals surface area contributed by atoms with E-state index in [1.807, 2.05) is 0 Å². The maximum Gasteiger partial charge on any atom is 0.323 e. The highest BCUT2D eigenvalue weighted by molar-refractivity contribution is 7.80. The van der Waals surface area contributed by atoms with Gasteiger partial charge in [0.25, 0.3) is 0 Å². The third kappa shape index (κ3) is 10.3. The molecule has 0 aromatic rings. The lowest BCUT2D eigenvalue weighted by Gasteiger charge is -2.19. The van der Waals surface area contributed by atoms with Gasteiger partial charge in [-0.15, -0.1) is 0 Å². The minimum atomic E-state index is -1.25. The van der Waals surface area contributed by atoms with E-state index in [-0.39, 0.29) is 18.6 Å². The molecule has 0 saturated heterocycles. The number of nitrogens with zero attached hydrogens (tertiary/aromatic N) is 1. The normalized spacial score (nSPS) is 12.2. The summed E-state index contributed by atoms with van der Waals surface area (Å²) in [5, 5.41) is 31.5. The van der Waals surface area contributed by atoms with Crippen LogP contribution in [0.2, 0.25) is 0 Å². The third-order valence-corrected chi connectivity index (χ3v) is 3.63. The van der Waals surface area contributed by atoms with Crippen molar-refractivity contribution in [1.82, 2.24) is 20.9 Å². The minimum Gasteiger partial charge on any atom is -0.480 e. The topological polar surface area (TPSA) is 215 Å². The van der Waals surface area contributed by atoms with Gasteiger partial charge in [-0.1, -0.05) is 0 Å². The number of guanidine groups is 1. The molecular formula is C14H24N6O7S. The molecule has 158 valence electrons. The molecule has 28 heavy (non-hydrogen) atoms. The van der Waals surface area contributed by atoms with Crippen LogP contribution in [-0.4, -0.2) is 88.7 Å². The molecule has 13 nitrogen and oxygen atoms in total. The highest BCUT2D eigenvalue weighted by Gasteiger charge is 2.21. The average Bonchev–Trinajstić information content (AvgIpc) is 2.61. The Labute approximate surface area is 165 Å². The summed E-state index contributed by atoms with van der Waals surface area (Å²) in [4.78, 5) is 57.6. The van der Waals surface area contributed by atoms with Crippen molar-refractivity contribution >= 4 is 48.2 Å². The highest BCUT2D eigenvalue weighted by Crippen LogP contribution is 1.97. The van der Waals surface area contributed by atoms with Gasteiger partial charge in [0.1, 0.15) is 18.6 Å². The fourth-order valence-corrected chi connectivity index (χ4v) is 1.97. The molecule has 0 heterocycles. The summed E-state index contributed by atoms with van der Waals surface area (Å²) >= 11 is 3.94. The predicted octanol–water partition coefficient (Wildman–Crippen LogP) is -3.22. The molecule has 0 aromatic carbocycles. The summed E-state index contributed by atoms with van der Waals surface area (Å²) in [5.41, 5.74) is 5.28. The number of nitrogens with one attached hydrogen (secondary N) is 4. The zero-order valence-electron chi connectivity index (χ0n) is 15.1. The lowest BCUT2D eigenvalue weighted by molar-refractivity contribution is -0.139. The standard InChI is InChI=1S/C14H24N6O7S/c1-20(5-11(23)24)14(16)19-10(22)4-17-12(25)8(6-28)18-9(21)3-2-7(15)13(26)27/h7-8,28H,2-6,15H2,1H3,(H,17,25)(H,18,21)(H,23,24)(H,26,27)(H2,16,19,22)/t7-,8-/m1/s1. The van der Waals surface area contributed by atoms with E-state index in [1.165, 1.54) is 7.05 Å². The van der Waals surface area contributed by atoms with Crippen LogP contribution in [0.1, 0.15) is 12.8 Å². The van der Waals surface area contributed by atoms with Crippen LogP contribution in [0.4, 0.5) is 0 Å². The van der Waals surface area contributed by atoms with Crippen LogP contribution < -0.4 is 21.7 Å². The van der Waals surface area contributed by atoms with Crippen molar-refractivity contribution < 1.29 is 34.2 Å². The summed E-state index contributed by atoms with van der Waals surface area (Å²) in [5.74, 6) is -5.07. The Balaban J connectivity index is 4.40. The smallest absolute Gasteiger partial charge is 0.323 e. The van der Waals surface area contributed by atoms with Crippen LogP contribution in [0.5, 0.6) is 0 Å². The molecule has 0 aliphatic carbocycles. The molecule has 0 rings (SSSR count). The largest absolute Gasteiger partial charge is 0.480 e. The quantitative estimate of drug-likeness (QED) is 0.0956. The van der Waals surface area contributed by atoms with Crippen molar-refractivity contribution in [3.05, 3.63) is 0 Å². The van der Waals surface area contributed by atoms with E-state index < -0.39 is 60.8 Å². The molecule has 3 amide bonds. The predicted molar refractivity (Wildman–Crippen MR) is 99.8 cm³/mol. The Morgan fingerprint density at radius 1 is 1.18 bits per heavy atom. The second-order valence-electron chi connectivity index (χ2n) is 5.65. The lowest BCUT2D eigenvalue weighted by Crippen LogP contribution is -2.51. The summed E-state index contributed by atoms with van der Waals surface area (Å²) < 4.78 is 0. The Hall–Kier alpha value is -2.87. The van der Waals surface area contributed by atoms with Gasteiger partial charge in [-0.3, -0.25) is 34.7 Å². The van der Waals surface area contributed by atoms with Crippen LogP contribution in [0.3, 0.4) is 0 Å². The molecule has 0 radical (unpaired) electrons. The molecule has 0 aliphatic heterocycles. The maximum atomic E-state index is 12.0. The van der Waals surface area contributed by atoms with Crippen LogP contribution >= 0.6 is 12.6 Å². The first-order chi connectivity index (χ1) is 13.0. The van der Waals surface area contributed by atoms with E-state index in [2.05, 4.69) is 28.6 Å². The van der Waals surface area contributed by atoms with Crippen molar-refractivity contribution in [3.63, 3.8) is 0 Å². The number of aliphatic carboxylic acids is 2. The molecule has 0 spiro atoms. The van der Waals surface area contributed by atoms with Crippen molar-refractivity contribution in [1.29, 1.82) is 5.41 Å². The fourth-order valence-electron chi connectivity index (χ4n) is 1.71. The van der Waals surface area contributed by atoms with Crippen molar-refractivity contribution in [3.8, 4) is 0 Å². The van der Waals surface area contributed by atoms with Gasteiger partial charge in [0.2, 0.25) is 17.7 Å². The van der Waals surface area contributed by atoms with Crippen LogP contribution in [0, 0.1) is 5.41 Å². The zero-order chi connectivity index (χ0) is 21.9. The molecule has 14 heteroatoms. The first kappa shape index (κ1) is 25.1. The van der Waals surface area contributed by atoms with E-state index in [0.717, 1.165) is 4.90 Å². The van der Waals surface area contributed by atoms with Gasteiger partial charge in [0.15, 0.2) is 5.96 Å². The van der Waals surface area contributed by atoms with Crippen molar-refractivity contribution in [2.24, 2.45) is 5.73 Å². The number of carbonyl (C=O) groups is 5.